The molecular weight excluding hydrogens is 665 g/mol. The Bertz CT molecular complexity index is 1670. The van der Waals surface area contributed by atoms with Gasteiger partial charge >= 0.3 is 22.8 Å². The van der Waals surface area contributed by atoms with Gasteiger partial charge in [0.25, 0.3) is 17.4 Å². The molecule has 3 fully saturated rings. The molecule has 268 valence electrons. The van der Waals surface area contributed by atoms with Crippen molar-refractivity contribution in [2.75, 3.05) is 26.2 Å². The van der Waals surface area contributed by atoms with Crippen LogP contribution >= 0.6 is 0 Å². The summed E-state index contributed by atoms with van der Waals surface area (Å²) in [6.07, 6.45) is -0.427. The molecule has 13 nitrogen and oxygen atoms in total. The van der Waals surface area contributed by atoms with Gasteiger partial charge in [-0.25, -0.2) is 4.79 Å². The van der Waals surface area contributed by atoms with Crippen LogP contribution < -0.4 is 11.2 Å². The number of benzene rings is 1. The first-order valence-corrected chi connectivity index (χ1v) is 21.4. The summed E-state index contributed by atoms with van der Waals surface area (Å²) >= 11 is 0. The number of hydroxylamine groups is 2. The molecule has 15 heteroatoms. The zero-order valence-corrected chi connectivity index (χ0v) is 32.0. The minimum absolute atomic E-state index is 0.0595. The molecule has 0 saturated carbocycles. The highest BCUT2D eigenvalue weighted by Crippen LogP contribution is 2.53. The molecule has 4 aliphatic heterocycles. The average Bonchev–Trinajstić information content (AvgIpc) is 3.36. The van der Waals surface area contributed by atoms with Gasteiger partial charge < -0.3 is 17.7 Å². The van der Waals surface area contributed by atoms with Crippen LogP contribution in [-0.4, -0.2) is 92.5 Å². The number of nitrogens with zero attached hydrogens (tertiary/aromatic N) is 3. The molecule has 1 aromatic heterocycles. The Morgan fingerprint density at radius 3 is 2.04 bits per heavy atom. The van der Waals surface area contributed by atoms with Crippen molar-refractivity contribution < 1.29 is 32.1 Å². The molecule has 0 radical (unpaired) electrons. The third-order valence-corrected chi connectivity index (χ3v) is 20.9. The lowest BCUT2D eigenvalue weighted by molar-refractivity contribution is -0.269. The molecule has 4 aliphatic rings. The number of aryl methyl sites for hydroxylation is 1. The number of ether oxygens (including phenoxy) is 1. The van der Waals surface area contributed by atoms with Crippen molar-refractivity contribution in [2.45, 2.75) is 115 Å². The van der Waals surface area contributed by atoms with Crippen molar-refractivity contribution >= 4 is 28.9 Å². The highest BCUT2D eigenvalue weighted by molar-refractivity contribution is 6.84. The van der Waals surface area contributed by atoms with Crippen LogP contribution in [0.3, 0.4) is 0 Å². The summed E-state index contributed by atoms with van der Waals surface area (Å²) in [5.74, 6) is -0.603. The normalized spacial score (nSPS) is 28.0. The van der Waals surface area contributed by atoms with Gasteiger partial charge in [-0.2, -0.15) is 5.06 Å². The molecule has 2 amide bonds. The van der Waals surface area contributed by atoms with Crippen molar-refractivity contribution in [3.8, 4) is 0 Å². The van der Waals surface area contributed by atoms with Crippen LogP contribution in [0.15, 0.2) is 40.1 Å². The Hall–Kier alpha value is -2.77. The van der Waals surface area contributed by atoms with E-state index in [0.29, 0.717) is 29.7 Å². The summed E-state index contributed by atoms with van der Waals surface area (Å²) in [6, 6.07) is 6.85. The average molecular weight is 715 g/mol. The lowest BCUT2D eigenvalue weighted by Gasteiger charge is -2.55. The van der Waals surface area contributed by atoms with E-state index in [1.807, 2.05) is 0 Å². The van der Waals surface area contributed by atoms with E-state index in [4.69, 9.17) is 22.5 Å². The quantitative estimate of drug-likeness (QED) is 0.294. The molecular formula is C34H50N4O9Si2. The van der Waals surface area contributed by atoms with Crippen LogP contribution in [0.5, 0.6) is 0 Å². The molecule has 49 heavy (non-hydrogen) atoms. The van der Waals surface area contributed by atoms with Crippen LogP contribution in [0.2, 0.25) is 22.2 Å². The standard InChI is InChI=1S/C34H50N4O9Si2/c1-20(2)48(21(3)4)43-19-34-18-36(15-12-16-37-30(40)25-13-10-11-14-26(25)31(37)41)45-27(28(34)46-49(47-48,22(5)6)23(7)8)32(44-34)38-17-24(9)29(39)35-33(38)42/h10-11,13-14,17,20-23,27-28,32H,12,15-16,18-19H2,1-9H3,(H,35,39,42)/t27?,28?,32-,34?/m1/s1. The third kappa shape index (κ3) is 5.85. The maximum atomic E-state index is 13.3. The van der Waals surface area contributed by atoms with Crippen molar-refractivity contribution in [3.63, 3.8) is 0 Å². The number of amides is 2. The van der Waals surface area contributed by atoms with E-state index in [1.165, 1.54) is 15.7 Å². The molecule has 0 spiro atoms. The lowest BCUT2D eigenvalue weighted by atomic mass is 9.94. The van der Waals surface area contributed by atoms with Gasteiger partial charge in [0.2, 0.25) is 0 Å². The van der Waals surface area contributed by atoms with Gasteiger partial charge in [-0.1, -0.05) is 67.5 Å². The Balaban J connectivity index is 1.37. The fourth-order valence-electron chi connectivity index (χ4n) is 8.02. The van der Waals surface area contributed by atoms with Crippen molar-refractivity contribution in [1.29, 1.82) is 0 Å². The number of carbonyl (C=O) groups excluding carboxylic acids is 2. The number of hydrogen-bond acceptors (Lipinski definition) is 10. The Morgan fingerprint density at radius 2 is 1.47 bits per heavy atom. The molecule has 3 unspecified atom stereocenters. The molecule has 1 aromatic carbocycles. The fraction of sp³-hybridized carbons (Fsp3) is 0.647. The summed E-state index contributed by atoms with van der Waals surface area (Å²) in [5, 5.41) is 1.79. The van der Waals surface area contributed by atoms with Gasteiger partial charge in [0, 0.05) is 24.8 Å². The van der Waals surface area contributed by atoms with Crippen LogP contribution in [-0.2, 0) is 22.5 Å². The second-order valence-corrected chi connectivity index (χ2v) is 24.0. The monoisotopic (exact) mass is 714 g/mol. The smallest absolute Gasteiger partial charge is 0.335 e. The van der Waals surface area contributed by atoms with E-state index in [2.05, 4.69) is 60.4 Å². The lowest BCUT2D eigenvalue weighted by Crippen LogP contribution is -2.71. The van der Waals surface area contributed by atoms with Crippen LogP contribution in [0.1, 0.15) is 94.3 Å². The number of nitrogens with one attached hydrogen (secondary N) is 1. The minimum Gasteiger partial charge on any atom is -0.414 e. The zero-order chi connectivity index (χ0) is 35.6. The number of carbonyl (C=O) groups is 2. The summed E-state index contributed by atoms with van der Waals surface area (Å²) in [7, 11) is -6.02. The zero-order valence-electron chi connectivity index (χ0n) is 30.0. The largest absolute Gasteiger partial charge is 0.414 e. The Kier molecular flexibility index (Phi) is 9.63. The summed E-state index contributed by atoms with van der Waals surface area (Å²) in [6.45, 7) is 19.8. The predicted octanol–water partition coefficient (Wildman–Crippen LogP) is 4.37. The molecule has 2 aromatic rings. The van der Waals surface area contributed by atoms with Gasteiger partial charge in [-0.05, 0) is 47.6 Å². The van der Waals surface area contributed by atoms with Crippen molar-refractivity contribution in [2.24, 2.45) is 0 Å². The number of H-pyrrole nitrogens is 1. The number of fused-ring (bicyclic) bond motifs is 1. The third-order valence-electron chi connectivity index (χ3n) is 10.6. The summed E-state index contributed by atoms with van der Waals surface area (Å²) < 4.78 is 30.2. The topological polar surface area (TPSA) is 142 Å². The van der Waals surface area contributed by atoms with Gasteiger partial charge in [-0.15, -0.1) is 0 Å². The van der Waals surface area contributed by atoms with Crippen LogP contribution in [0.4, 0.5) is 0 Å². The molecule has 6 rings (SSSR count). The molecule has 0 aliphatic carbocycles. The van der Waals surface area contributed by atoms with Crippen LogP contribution in [0.25, 0.3) is 0 Å². The molecule has 5 heterocycles. The fourth-order valence-corrected chi connectivity index (χ4v) is 19.3. The maximum absolute atomic E-state index is 13.3. The van der Waals surface area contributed by atoms with Gasteiger partial charge in [0.15, 0.2) is 12.3 Å². The van der Waals surface area contributed by atoms with Crippen molar-refractivity contribution in [3.05, 3.63) is 68.0 Å². The van der Waals surface area contributed by atoms with E-state index in [1.54, 1.807) is 36.3 Å². The first-order chi connectivity index (χ1) is 23.1. The van der Waals surface area contributed by atoms with E-state index in [9.17, 15) is 19.2 Å². The second kappa shape index (κ2) is 13.1. The highest BCUT2D eigenvalue weighted by Gasteiger charge is 2.69. The summed E-state index contributed by atoms with van der Waals surface area (Å²) in [5.41, 5.74) is -0.605. The van der Waals surface area contributed by atoms with E-state index in [-0.39, 0.29) is 53.7 Å². The number of rotatable bonds is 9. The van der Waals surface area contributed by atoms with Crippen LogP contribution in [0, 0.1) is 6.92 Å². The van der Waals surface area contributed by atoms with Gasteiger partial charge in [0.1, 0.15) is 11.7 Å². The SMILES string of the molecule is Cc1cn([C@@H]2OC34CO[Si](C(C)C)(C(C)C)O[Si](C(C)C)(C(C)C)OC3C2ON(CCCN2C(=O)c3ccccc3C2=O)C4)c(=O)[nH]c1=O. The summed E-state index contributed by atoms with van der Waals surface area (Å²) in [4.78, 5) is 62.1. The van der Waals surface area contributed by atoms with E-state index < -0.39 is 52.4 Å². The number of hydrogen-bond donors (Lipinski definition) is 1. The molecule has 4 atom stereocenters. The van der Waals surface area contributed by atoms with Crippen molar-refractivity contribution in [1.82, 2.24) is 19.5 Å². The highest BCUT2D eigenvalue weighted by atomic mass is 28.5. The minimum atomic E-state index is -3.08. The maximum Gasteiger partial charge on any atom is 0.335 e. The van der Waals surface area contributed by atoms with E-state index in [0.717, 1.165) is 0 Å². The Labute approximate surface area is 289 Å². The number of aromatic amines is 1. The second-order valence-electron chi connectivity index (χ2n) is 15.1. The molecule has 3 saturated heterocycles. The molecule has 2 bridgehead atoms. The first-order valence-electron chi connectivity index (χ1n) is 17.5. The number of imide groups is 1. The first kappa shape index (κ1) is 36.0. The van der Waals surface area contributed by atoms with Gasteiger partial charge in [-0.3, -0.25) is 33.7 Å². The predicted molar refractivity (Wildman–Crippen MR) is 186 cm³/mol. The Morgan fingerprint density at radius 1 is 0.878 bits per heavy atom. The van der Waals surface area contributed by atoms with Gasteiger partial charge in [0.05, 0.1) is 24.3 Å². The van der Waals surface area contributed by atoms with E-state index >= 15 is 0 Å². The number of aromatic nitrogens is 2. The molecule has 1 N–H and O–H groups in total.